The van der Waals surface area contributed by atoms with E-state index < -0.39 is 23.3 Å². The molecule has 150 valence electrons. The fourth-order valence-electron chi connectivity index (χ4n) is 2.75. The highest BCUT2D eigenvalue weighted by atomic mass is 19.1. The third-order valence-electron chi connectivity index (χ3n) is 4.10. The molecule has 0 saturated heterocycles. The van der Waals surface area contributed by atoms with Crippen LogP contribution in [0.2, 0.25) is 0 Å². The van der Waals surface area contributed by atoms with E-state index in [9.17, 15) is 18.7 Å². The van der Waals surface area contributed by atoms with E-state index in [0.717, 1.165) is 24.2 Å². The summed E-state index contributed by atoms with van der Waals surface area (Å²) in [6, 6.07) is 2.10. The Bertz CT molecular complexity index is 863. The molecule has 3 N–H and O–H groups in total. The number of phenolic OH excluding ortho intramolecular Hbond substituents is 1. The molecule has 1 aromatic carbocycles. The molecule has 2 aromatic rings. The van der Waals surface area contributed by atoms with Gasteiger partial charge in [-0.15, -0.1) is 0 Å². The van der Waals surface area contributed by atoms with Gasteiger partial charge in [-0.3, -0.25) is 4.79 Å². The first-order valence-corrected chi connectivity index (χ1v) is 9.09. The van der Waals surface area contributed by atoms with Crippen molar-refractivity contribution in [2.24, 2.45) is 11.7 Å². The lowest BCUT2D eigenvalue weighted by Gasteiger charge is -2.10. The molecule has 5 nitrogen and oxygen atoms in total. The van der Waals surface area contributed by atoms with Crippen LogP contribution < -0.4 is 5.73 Å². The van der Waals surface area contributed by atoms with Gasteiger partial charge in [-0.1, -0.05) is 38.2 Å². The Morgan fingerprint density at radius 2 is 1.96 bits per heavy atom. The number of primary amides is 1. The fraction of sp³-hybridized carbons (Fsp3) is 0.333. The molecule has 0 bridgehead atoms. The van der Waals surface area contributed by atoms with Crippen LogP contribution >= 0.6 is 0 Å². The van der Waals surface area contributed by atoms with E-state index in [1.54, 1.807) is 4.57 Å². The zero-order valence-electron chi connectivity index (χ0n) is 16.0. The van der Waals surface area contributed by atoms with Crippen LogP contribution in [0.1, 0.15) is 37.2 Å². The zero-order valence-corrected chi connectivity index (χ0v) is 16.0. The van der Waals surface area contributed by atoms with Crippen LogP contribution in [-0.2, 0) is 24.2 Å². The highest BCUT2D eigenvalue weighted by molar-refractivity contribution is 5.76. The van der Waals surface area contributed by atoms with Gasteiger partial charge in [0.25, 0.3) is 0 Å². The highest BCUT2D eigenvalue weighted by Gasteiger charge is 2.15. The standard InChI is InChI=1S/C21H25F2N3O2/c1-14(2)7-5-3-4-6-8-18-19(11-20(24)27)26(13-25-18)12-15-9-16(22)21(28)17(23)10-15/h3-5,7,9-10,13-14,28H,6,8,11-12H2,1-2H3,(H2,24,27)/b4-3-,7-5-. The van der Waals surface area contributed by atoms with Crippen molar-refractivity contribution in [3.8, 4) is 5.75 Å². The first-order valence-electron chi connectivity index (χ1n) is 9.09. The Morgan fingerprint density at radius 3 is 2.57 bits per heavy atom. The summed E-state index contributed by atoms with van der Waals surface area (Å²) in [4.78, 5) is 15.8. The minimum Gasteiger partial charge on any atom is -0.503 e. The maximum Gasteiger partial charge on any atom is 0.223 e. The van der Waals surface area contributed by atoms with Gasteiger partial charge in [0.1, 0.15) is 0 Å². The summed E-state index contributed by atoms with van der Waals surface area (Å²) < 4.78 is 28.8. The monoisotopic (exact) mass is 389 g/mol. The van der Waals surface area contributed by atoms with E-state index in [2.05, 4.69) is 24.9 Å². The topological polar surface area (TPSA) is 81.1 Å². The Labute approximate surface area is 163 Å². The van der Waals surface area contributed by atoms with E-state index in [-0.39, 0.29) is 13.0 Å². The molecule has 0 spiro atoms. The summed E-state index contributed by atoms with van der Waals surface area (Å²) in [5, 5.41) is 9.22. The summed E-state index contributed by atoms with van der Waals surface area (Å²) in [5.74, 6) is -3.11. The van der Waals surface area contributed by atoms with Gasteiger partial charge in [0.15, 0.2) is 17.4 Å². The third kappa shape index (κ3) is 6.04. The molecule has 0 aliphatic carbocycles. The molecular weight excluding hydrogens is 364 g/mol. The van der Waals surface area contributed by atoms with Crippen LogP contribution in [0.15, 0.2) is 42.8 Å². The smallest absolute Gasteiger partial charge is 0.223 e. The predicted molar refractivity (Wildman–Crippen MR) is 104 cm³/mol. The van der Waals surface area contributed by atoms with Crippen molar-refractivity contribution < 1.29 is 18.7 Å². The van der Waals surface area contributed by atoms with Crippen molar-refractivity contribution in [2.75, 3.05) is 0 Å². The lowest BCUT2D eigenvalue weighted by atomic mass is 10.1. The molecule has 0 atom stereocenters. The summed E-state index contributed by atoms with van der Waals surface area (Å²) in [6.45, 7) is 4.30. The SMILES string of the molecule is CC(C)/C=C\C=C/CCc1ncn(Cc2cc(F)c(O)c(F)c2)c1CC(N)=O. The Balaban J connectivity index is 2.16. The number of allylic oxidation sites excluding steroid dienone is 4. The molecular formula is C21H25F2N3O2. The molecule has 1 aromatic heterocycles. The largest absolute Gasteiger partial charge is 0.503 e. The number of carbonyl (C=O) groups excluding carboxylic acids is 1. The second-order valence-electron chi connectivity index (χ2n) is 6.91. The van der Waals surface area contributed by atoms with Crippen molar-refractivity contribution >= 4 is 5.91 Å². The summed E-state index contributed by atoms with van der Waals surface area (Å²) >= 11 is 0. The maximum absolute atomic E-state index is 13.6. The van der Waals surface area contributed by atoms with Crippen LogP contribution in [-0.4, -0.2) is 20.6 Å². The highest BCUT2D eigenvalue weighted by Crippen LogP contribution is 2.23. The number of nitrogens with zero attached hydrogens (tertiary/aromatic N) is 2. The minimum atomic E-state index is -1.04. The number of imidazole rings is 1. The van der Waals surface area contributed by atoms with E-state index in [0.29, 0.717) is 23.6 Å². The number of carbonyl (C=O) groups is 1. The number of hydrogen-bond donors (Lipinski definition) is 2. The molecule has 2 rings (SSSR count). The second-order valence-corrected chi connectivity index (χ2v) is 6.91. The molecule has 0 radical (unpaired) electrons. The average molecular weight is 389 g/mol. The first-order chi connectivity index (χ1) is 13.3. The molecule has 1 amide bonds. The van der Waals surface area contributed by atoms with E-state index >= 15 is 0 Å². The van der Waals surface area contributed by atoms with Gasteiger partial charge >= 0.3 is 0 Å². The summed E-state index contributed by atoms with van der Waals surface area (Å²) in [7, 11) is 0. The van der Waals surface area contributed by atoms with E-state index in [1.165, 1.54) is 6.33 Å². The van der Waals surface area contributed by atoms with Crippen molar-refractivity contribution in [3.05, 3.63) is 71.3 Å². The maximum atomic E-state index is 13.6. The minimum absolute atomic E-state index is 0.0185. The quantitative estimate of drug-likeness (QED) is 0.643. The van der Waals surface area contributed by atoms with E-state index in [1.807, 2.05) is 18.2 Å². The molecule has 0 aliphatic rings. The number of rotatable bonds is 9. The number of nitrogens with two attached hydrogens (primary N) is 1. The number of hydrogen-bond acceptors (Lipinski definition) is 3. The number of aromatic hydroxyl groups is 1. The van der Waals surface area contributed by atoms with Gasteiger partial charge in [-0.2, -0.15) is 0 Å². The third-order valence-corrected chi connectivity index (χ3v) is 4.10. The lowest BCUT2D eigenvalue weighted by Crippen LogP contribution is -2.18. The number of halogens is 2. The number of aryl methyl sites for hydroxylation is 1. The van der Waals surface area contributed by atoms with Gasteiger partial charge in [0.2, 0.25) is 5.91 Å². The Kier molecular flexibility index (Phi) is 7.49. The fourth-order valence-corrected chi connectivity index (χ4v) is 2.75. The normalized spacial score (nSPS) is 11.9. The van der Waals surface area contributed by atoms with Crippen molar-refractivity contribution in [1.82, 2.24) is 9.55 Å². The van der Waals surface area contributed by atoms with Crippen molar-refractivity contribution in [3.63, 3.8) is 0 Å². The van der Waals surface area contributed by atoms with Crippen LogP contribution in [0, 0.1) is 17.6 Å². The van der Waals surface area contributed by atoms with Gasteiger partial charge in [0.05, 0.1) is 24.1 Å². The Hall–Kier alpha value is -2.96. The average Bonchev–Trinajstić information content (AvgIpc) is 2.96. The van der Waals surface area contributed by atoms with Crippen molar-refractivity contribution in [1.29, 1.82) is 0 Å². The number of aromatic nitrogens is 2. The van der Waals surface area contributed by atoms with Crippen LogP contribution in [0.5, 0.6) is 5.75 Å². The van der Waals surface area contributed by atoms with Crippen LogP contribution in [0.25, 0.3) is 0 Å². The molecule has 7 heteroatoms. The van der Waals surface area contributed by atoms with E-state index in [4.69, 9.17) is 5.73 Å². The first kappa shape index (κ1) is 21.3. The number of amides is 1. The lowest BCUT2D eigenvalue weighted by molar-refractivity contribution is -0.117. The molecule has 0 aliphatic heterocycles. The molecule has 0 fully saturated rings. The number of phenols is 1. The van der Waals surface area contributed by atoms with Crippen LogP contribution in [0.3, 0.4) is 0 Å². The zero-order chi connectivity index (χ0) is 20.7. The number of benzene rings is 1. The summed E-state index contributed by atoms with van der Waals surface area (Å²) in [6.07, 6.45) is 10.9. The Morgan fingerprint density at radius 1 is 1.29 bits per heavy atom. The van der Waals surface area contributed by atoms with Gasteiger partial charge in [-0.25, -0.2) is 13.8 Å². The summed E-state index contributed by atoms with van der Waals surface area (Å²) in [5.41, 5.74) is 6.99. The second kappa shape index (κ2) is 9.82. The molecule has 1 heterocycles. The van der Waals surface area contributed by atoms with Gasteiger partial charge in [0, 0.05) is 6.54 Å². The van der Waals surface area contributed by atoms with Crippen LogP contribution in [0.4, 0.5) is 8.78 Å². The van der Waals surface area contributed by atoms with Gasteiger partial charge in [-0.05, 0) is 36.5 Å². The molecule has 0 saturated carbocycles. The molecule has 28 heavy (non-hydrogen) atoms. The van der Waals surface area contributed by atoms with Gasteiger partial charge < -0.3 is 15.4 Å². The van der Waals surface area contributed by atoms with Crippen molar-refractivity contribution in [2.45, 2.75) is 39.7 Å². The predicted octanol–water partition coefficient (Wildman–Crippen LogP) is 3.64. The molecule has 0 unspecified atom stereocenters.